The molecule has 0 radical (unpaired) electrons. The summed E-state index contributed by atoms with van der Waals surface area (Å²) in [6.45, 7) is 0. The Labute approximate surface area is 168 Å². The van der Waals surface area contributed by atoms with Crippen LogP contribution in [0.4, 0.5) is 0 Å². The number of ether oxygens (including phenoxy) is 2. The van der Waals surface area contributed by atoms with Gasteiger partial charge < -0.3 is 9.47 Å². The maximum atomic E-state index is 12.9. The van der Waals surface area contributed by atoms with E-state index in [0.717, 1.165) is 16.7 Å². The highest BCUT2D eigenvalue weighted by molar-refractivity contribution is 5.83. The van der Waals surface area contributed by atoms with E-state index in [-0.39, 0.29) is 5.56 Å². The number of hydrogen-bond donors (Lipinski definition) is 0. The summed E-state index contributed by atoms with van der Waals surface area (Å²) in [5, 5.41) is 4.74. The second kappa shape index (κ2) is 8.02. The molecule has 0 amide bonds. The van der Waals surface area contributed by atoms with E-state index in [0.29, 0.717) is 22.9 Å². The van der Waals surface area contributed by atoms with E-state index in [1.165, 1.54) is 4.68 Å². The largest absolute Gasteiger partial charge is 0.497 e. The van der Waals surface area contributed by atoms with Crippen molar-refractivity contribution >= 4 is 0 Å². The van der Waals surface area contributed by atoms with Crippen molar-refractivity contribution in [3.8, 4) is 39.6 Å². The van der Waals surface area contributed by atoms with Crippen molar-refractivity contribution in [3.63, 3.8) is 0 Å². The maximum absolute atomic E-state index is 12.9. The van der Waals surface area contributed by atoms with Gasteiger partial charge >= 0.3 is 0 Å². The Hall–Kier alpha value is -3.86. The molecule has 144 valence electrons. The van der Waals surface area contributed by atoms with Gasteiger partial charge in [-0.15, -0.1) is 0 Å². The fourth-order valence-corrected chi connectivity index (χ4v) is 3.25. The normalized spacial score (nSPS) is 10.6. The molecule has 0 N–H and O–H groups in total. The highest BCUT2D eigenvalue weighted by atomic mass is 16.5. The van der Waals surface area contributed by atoms with Gasteiger partial charge in [0.05, 0.1) is 19.9 Å². The molecule has 0 aliphatic rings. The van der Waals surface area contributed by atoms with Crippen LogP contribution in [0.1, 0.15) is 0 Å². The molecular formula is C24H20N2O3. The Morgan fingerprint density at radius 1 is 0.759 bits per heavy atom. The minimum Gasteiger partial charge on any atom is -0.497 e. The lowest BCUT2D eigenvalue weighted by Crippen LogP contribution is -2.21. The molecule has 0 bridgehead atoms. The zero-order valence-corrected chi connectivity index (χ0v) is 16.2. The number of para-hydroxylation sites is 1. The van der Waals surface area contributed by atoms with Gasteiger partial charge in [-0.05, 0) is 35.9 Å². The fourth-order valence-electron chi connectivity index (χ4n) is 3.25. The van der Waals surface area contributed by atoms with Gasteiger partial charge in [-0.25, -0.2) is 0 Å². The summed E-state index contributed by atoms with van der Waals surface area (Å²) in [6, 6.07) is 26.2. The van der Waals surface area contributed by atoms with Gasteiger partial charge in [-0.3, -0.25) is 4.79 Å². The molecule has 0 spiro atoms. The van der Waals surface area contributed by atoms with Crippen LogP contribution < -0.4 is 15.0 Å². The molecule has 4 aromatic rings. The summed E-state index contributed by atoms with van der Waals surface area (Å²) < 4.78 is 12.4. The number of hydrogen-bond acceptors (Lipinski definition) is 4. The highest BCUT2D eigenvalue weighted by Gasteiger charge is 2.18. The molecule has 4 rings (SSSR count). The zero-order valence-electron chi connectivity index (χ0n) is 16.2. The smallest absolute Gasteiger partial charge is 0.272 e. The Kier molecular flexibility index (Phi) is 5.12. The minimum atomic E-state index is -0.208. The Morgan fingerprint density at radius 2 is 1.45 bits per heavy atom. The topological polar surface area (TPSA) is 53.4 Å². The first kappa shape index (κ1) is 18.5. The van der Waals surface area contributed by atoms with E-state index in [1.807, 2.05) is 78.9 Å². The van der Waals surface area contributed by atoms with E-state index in [9.17, 15) is 4.79 Å². The molecule has 5 nitrogen and oxygen atoms in total. The van der Waals surface area contributed by atoms with Gasteiger partial charge in [0, 0.05) is 17.2 Å². The van der Waals surface area contributed by atoms with Crippen LogP contribution in [0.5, 0.6) is 11.5 Å². The van der Waals surface area contributed by atoms with Crippen LogP contribution in [0.3, 0.4) is 0 Å². The number of methoxy groups -OCH3 is 2. The second-order valence-electron chi connectivity index (χ2n) is 6.42. The average Bonchev–Trinajstić information content (AvgIpc) is 2.79. The zero-order chi connectivity index (χ0) is 20.2. The average molecular weight is 384 g/mol. The number of nitrogens with zero attached hydrogens (tertiary/aromatic N) is 2. The van der Waals surface area contributed by atoms with E-state index in [4.69, 9.17) is 14.6 Å². The molecule has 0 saturated heterocycles. The van der Waals surface area contributed by atoms with Gasteiger partial charge in [0.15, 0.2) is 0 Å². The van der Waals surface area contributed by atoms with Crippen molar-refractivity contribution in [1.29, 1.82) is 0 Å². The molecule has 29 heavy (non-hydrogen) atoms. The monoisotopic (exact) mass is 384 g/mol. The molecule has 0 unspecified atom stereocenters. The third-order valence-corrected chi connectivity index (χ3v) is 4.68. The van der Waals surface area contributed by atoms with Gasteiger partial charge in [0.1, 0.15) is 17.2 Å². The quantitative estimate of drug-likeness (QED) is 0.505. The number of benzene rings is 3. The molecule has 1 heterocycles. The highest BCUT2D eigenvalue weighted by Crippen LogP contribution is 2.37. The molecular weight excluding hydrogens is 364 g/mol. The lowest BCUT2D eigenvalue weighted by atomic mass is 9.99. The van der Waals surface area contributed by atoms with E-state index in [1.54, 1.807) is 20.3 Å². The Morgan fingerprint density at radius 3 is 2.10 bits per heavy atom. The molecule has 0 aliphatic carbocycles. The van der Waals surface area contributed by atoms with Crippen molar-refractivity contribution in [1.82, 2.24) is 9.78 Å². The van der Waals surface area contributed by atoms with Crippen LogP contribution in [0.2, 0.25) is 0 Å². The van der Waals surface area contributed by atoms with Crippen LogP contribution >= 0.6 is 0 Å². The predicted molar refractivity (Wildman–Crippen MR) is 114 cm³/mol. The number of aromatic nitrogens is 2. The molecule has 5 heteroatoms. The first-order valence-corrected chi connectivity index (χ1v) is 9.19. The maximum Gasteiger partial charge on any atom is 0.272 e. The second-order valence-corrected chi connectivity index (χ2v) is 6.42. The van der Waals surface area contributed by atoms with E-state index < -0.39 is 0 Å². The van der Waals surface area contributed by atoms with Gasteiger partial charge in [-0.1, -0.05) is 48.5 Å². The SMILES string of the molecule is COc1ccc(OC)c(-c2nn(-c3ccccc3)c(=O)cc2-c2ccccc2)c1. The Bertz CT molecular complexity index is 1190. The van der Waals surface area contributed by atoms with E-state index >= 15 is 0 Å². The summed E-state index contributed by atoms with van der Waals surface area (Å²) in [5.41, 5.74) is 3.50. The fraction of sp³-hybridized carbons (Fsp3) is 0.0833. The van der Waals surface area contributed by atoms with Crippen molar-refractivity contribution in [2.75, 3.05) is 14.2 Å². The van der Waals surface area contributed by atoms with Crippen molar-refractivity contribution in [3.05, 3.63) is 95.3 Å². The van der Waals surface area contributed by atoms with E-state index in [2.05, 4.69) is 0 Å². The summed E-state index contributed by atoms with van der Waals surface area (Å²) in [4.78, 5) is 12.9. The first-order valence-electron chi connectivity index (χ1n) is 9.19. The van der Waals surface area contributed by atoms with Crippen molar-refractivity contribution < 1.29 is 9.47 Å². The Balaban J connectivity index is 2.04. The van der Waals surface area contributed by atoms with Gasteiger partial charge in [0.2, 0.25) is 0 Å². The van der Waals surface area contributed by atoms with Gasteiger partial charge in [-0.2, -0.15) is 9.78 Å². The molecule has 3 aromatic carbocycles. The first-order chi connectivity index (χ1) is 14.2. The van der Waals surface area contributed by atoms with Crippen LogP contribution in [0.25, 0.3) is 28.1 Å². The predicted octanol–water partition coefficient (Wildman–Crippen LogP) is 4.58. The molecule has 0 aliphatic heterocycles. The third kappa shape index (κ3) is 3.62. The third-order valence-electron chi connectivity index (χ3n) is 4.68. The summed E-state index contributed by atoms with van der Waals surface area (Å²) in [5.74, 6) is 1.33. The van der Waals surface area contributed by atoms with Crippen molar-refractivity contribution in [2.45, 2.75) is 0 Å². The lowest BCUT2D eigenvalue weighted by Gasteiger charge is -2.15. The molecule has 1 aromatic heterocycles. The van der Waals surface area contributed by atoms with Gasteiger partial charge in [0.25, 0.3) is 5.56 Å². The summed E-state index contributed by atoms with van der Waals surface area (Å²) >= 11 is 0. The molecule has 0 fully saturated rings. The van der Waals surface area contributed by atoms with Crippen LogP contribution in [-0.4, -0.2) is 24.0 Å². The van der Waals surface area contributed by atoms with Crippen LogP contribution in [-0.2, 0) is 0 Å². The standard InChI is InChI=1S/C24H20N2O3/c1-28-19-13-14-22(29-2)21(15-19)24-20(17-9-5-3-6-10-17)16-23(27)26(25-24)18-11-7-4-8-12-18/h3-16H,1-2H3. The lowest BCUT2D eigenvalue weighted by molar-refractivity contribution is 0.404. The summed E-state index contributed by atoms with van der Waals surface area (Å²) in [7, 11) is 3.22. The molecule has 0 saturated carbocycles. The minimum absolute atomic E-state index is 0.208. The summed E-state index contributed by atoms with van der Waals surface area (Å²) in [6.07, 6.45) is 0. The van der Waals surface area contributed by atoms with Crippen LogP contribution in [0, 0.1) is 0 Å². The molecule has 0 atom stereocenters. The number of rotatable bonds is 5. The van der Waals surface area contributed by atoms with Crippen molar-refractivity contribution in [2.24, 2.45) is 0 Å². The van der Waals surface area contributed by atoms with Crippen LogP contribution in [0.15, 0.2) is 89.7 Å².